The lowest BCUT2D eigenvalue weighted by molar-refractivity contribution is 0.0664. The summed E-state index contributed by atoms with van der Waals surface area (Å²) >= 11 is 1.58. The van der Waals surface area contributed by atoms with Gasteiger partial charge in [-0.1, -0.05) is 19.1 Å². The lowest BCUT2D eigenvalue weighted by atomic mass is 9.99. The summed E-state index contributed by atoms with van der Waals surface area (Å²) in [5, 5.41) is 16.3. The lowest BCUT2D eigenvalue weighted by Crippen LogP contribution is -2.36. The molecule has 2 aromatic rings. The van der Waals surface area contributed by atoms with Gasteiger partial charge < -0.3 is 10.4 Å². The first-order chi connectivity index (χ1) is 9.11. The van der Waals surface area contributed by atoms with Crippen molar-refractivity contribution in [2.45, 2.75) is 31.9 Å². The number of hydrogen-bond donors (Lipinski definition) is 2. The van der Waals surface area contributed by atoms with Gasteiger partial charge in [-0.3, -0.25) is 0 Å². The molecular weight excluding hydrogens is 268 g/mol. The molecule has 1 heterocycles. The van der Waals surface area contributed by atoms with Crippen molar-refractivity contribution < 1.29 is 13.9 Å². The van der Waals surface area contributed by atoms with Gasteiger partial charge in [0.2, 0.25) is 6.43 Å². The van der Waals surface area contributed by atoms with Crippen LogP contribution in [-0.2, 0) is 0 Å². The Morgan fingerprint density at radius 3 is 2.79 bits per heavy atom. The zero-order chi connectivity index (χ0) is 13.8. The summed E-state index contributed by atoms with van der Waals surface area (Å²) in [5.41, 5.74) is 0.682. The zero-order valence-electron chi connectivity index (χ0n) is 10.6. The smallest absolute Gasteiger partial charge is 0.240 e. The van der Waals surface area contributed by atoms with Gasteiger partial charge in [-0.15, -0.1) is 11.3 Å². The number of benzene rings is 1. The molecule has 0 saturated carbocycles. The summed E-state index contributed by atoms with van der Waals surface area (Å²) in [5.74, 6) is 0. The van der Waals surface area contributed by atoms with Crippen molar-refractivity contribution in [3.05, 3.63) is 35.2 Å². The number of hydrogen-bond acceptors (Lipinski definition) is 3. The first-order valence-corrected chi connectivity index (χ1v) is 7.16. The van der Waals surface area contributed by atoms with Gasteiger partial charge in [0.05, 0.1) is 6.10 Å². The van der Waals surface area contributed by atoms with Gasteiger partial charge in [0.25, 0.3) is 0 Å². The fraction of sp³-hybridized carbons (Fsp3) is 0.429. The third-order valence-electron chi connectivity index (χ3n) is 3.10. The van der Waals surface area contributed by atoms with Crippen molar-refractivity contribution in [3.8, 4) is 0 Å². The summed E-state index contributed by atoms with van der Waals surface area (Å²) in [6.45, 7) is 2.39. The molecule has 0 spiro atoms. The highest BCUT2D eigenvalue weighted by Gasteiger charge is 2.23. The Balaban J connectivity index is 2.21. The average Bonchev–Trinajstić information content (AvgIpc) is 2.84. The van der Waals surface area contributed by atoms with E-state index in [4.69, 9.17) is 0 Å². The largest absolute Gasteiger partial charge is 0.387 e. The fourth-order valence-corrected chi connectivity index (χ4v) is 3.00. The minimum absolute atomic E-state index is 0.350. The summed E-state index contributed by atoms with van der Waals surface area (Å²) in [6, 6.07) is 6.96. The molecule has 2 nitrogen and oxygen atoms in total. The van der Waals surface area contributed by atoms with E-state index in [2.05, 4.69) is 5.32 Å². The van der Waals surface area contributed by atoms with Crippen molar-refractivity contribution >= 4 is 21.4 Å². The second-order valence-corrected chi connectivity index (χ2v) is 5.40. The van der Waals surface area contributed by atoms with Gasteiger partial charge in [0.15, 0.2) is 0 Å². The molecule has 0 fully saturated rings. The molecular formula is C14H17F2NOS. The number of nitrogens with one attached hydrogen (secondary N) is 1. The molecule has 19 heavy (non-hydrogen) atoms. The van der Waals surface area contributed by atoms with Gasteiger partial charge >= 0.3 is 0 Å². The maximum Gasteiger partial charge on any atom is 0.240 e. The van der Waals surface area contributed by atoms with Crippen molar-refractivity contribution in [1.29, 1.82) is 0 Å². The topological polar surface area (TPSA) is 32.3 Å². The third-order valence-corrected chi connectivity index (χ3v) is 3.98. The first kappa shape index (κ1) is 14.4. The van der Waals surface area contributed by atoms with Crippen molar-refractivity contribution in [1.82, 2.24) is 5.32 Å². The van der Waals surface area contributed by atoms with E-state index in [1.54, 1.807) is 17.4 Å². The number of rotatable bonds is 6. The van der Waals surface area contributed by atoms with Gasteiger partial charge in [-0.05, 0) is 35.0 Å². The van der Waals surface area contributed by atoms with Crippen LogP contribution in [-0.4, -0.2) is 24.1 Å². The van der Waals surface area contributed by atoms with Crippen LogP contribution in [0, 0.1) is 0 Å². The predicted octanol–water partition coefficient (Wildman–Crippen LogP) is 3.57. The first-order valence-electron chi connectivity index (χ1n) is 6.28. The molecule has 104 valence electrons. The molecule has 0 amide bonds. The second-order valence-electron chi connectivity index (χ2n) is 4.45. The van der Waals surface area contributed by atoms with Crippen LogP contribution >= 0.6 is 11.3 Å². The van der Waals surface area contributed by atoms with E-state index in [-0.39, 0.29) is 6.42 Å². The minimum atomic E-state index is -2.43. The Bertz CT molecular complexity index is 529. The number of aliphatic hydroxyl groups is 1. The molecule has 1 aromatic heterocycles. The highest BCUT2D eigenvalue weighted by molar-refractivity contribution is 7.17. The standard InChI is InChI=1S/C14H17F2NOS/c1-2-17-11(8-13(15)16)14(18)10-4-3-9-5-6-19-12(9)7-10/h3-7,11,13-14,17-18H,2,8H2,1H3. The molecule has 0 saturated heterocycles. The van der Waals surface area contributed by atoms with Gasteiger partial charge in [-0.2, -0.15) is 0 Å². The van der Waals surface area contributed by atoms with Crippen LogP contribution in [0.3, 0.4) is 0 Å². The maximum absolute atomic E-state index is 12.5. The molecule has 0 bridgehead atoms. The molecule has 0 radical (unpaired) electrons. The molecule has 2 rings (SSSR count). The van der Waals surface area contributed by atoms with Gasteiger partial charge in [0.1, 0.15) is 0 Å². The molecule has 1 aromatic carbocycles. The van der Waals surface area contributed by atoms with Crippen LogP contribution < -0.4 is 5.32 Å². The Morgan fingerprint density at radius 1 is 1.32 bits per heavy atom. The number of likely N-dealkylation sites (N-methyl/N-ethyl adjacent to an activating group) is 1. The number of halogens is 2. The molecule has 2 atom stereocenters. The van der Waals surface area contributed by atoms with Crippen LogP contribution in [0.2, 0.25) is 0 Å². The third kappa shape index (κ3) is 3.49. The lowest BCUT2D eigenvalue weighted by Gasteiger charge is -2.23. The van der Waals surface area contributed by atoms with E-state index in [0.717, 1.165) is 10.1 Å². The van der Waals surface area contributed by atoms with Crippen LogP contribution in [0.15, 0.2) is 29.6 Å². The van der Waals surface area contributed by atoms with Gasteiger partial charge in [-0.25, -0.2) is 8.78 Å². The van der Waals surface area contributed by atoms with Crippen LogP contribution in [0.4, 0.5) is 8.78 Å². The van der Waals surface area contributed by atoms with Crippen LogP contribution in [0.5, 0.6) is 0 Å². The average molecular weight is 285 g/mol. The quantitative estimate of drug-likeness (QED) is 0.850. The number of aliphatic hydroxyl groups excluding tert-OH is 1. The van der Waals surface area contributed by atoms with E-state index < -0.39 is 18.6 Å². The number of thiophene rings is 1. The van der Waals surface area contributed by atoms with Crippen LogP contribution in [0.1, 0.15) is 25.0 Å². The second kappa shape index (κ2) is 6.41. The zero-order valence-corrected chi connectivity index (χ0v) is 11.5. The Labute approximate surface area is 115 Å². The van der Waals surface area contributed by atoms with E-state index in [9.17, 15) is 13.9 Å². The van der Waals surface area contributed by atoms with Crippen molar-refractivity contribution in [3.63, 3.8) is 0 Å². The highest BCUT2D eigenvalue weighted by Crippen LogP contribution is 2.27. The van der Waals surface area contributed by atoms with Gasteiger partial charge in [0, 0.05) is 17.2 Å². The van der Waals surface area contributed by atoms with Crippen molar-refractivity contribution in [2.24, 2.45) is 0 Å². The predicted molar refractivity (Wildman–Crippen MR) is 74.9 cm³/mol. The highest BCUT2D eigenvalue weighted by atomic mass is 32.1. The maximum atomic E-state index is 12.5. The van der Waals surface area contributed by atoms with E-state index in [1.165, 1.54) is 0 Å². The Morgan fingerprint density at radius 2 is 2.11 bits per heavy atom. The number of alkyl halides is 2. The van der Waals surface area contributed by atoms with Crippen molar-refractivity contribution in [2.75, 3.05) is 6.54 Å². The summed E-state index contributed by atoms with van der Waals surface area (Å²) < 4.78 is 26.1. The molecule has 0 aliphatic heterocycles. The summed E-state index contributed by atoms with van der Waals surface area (Å²) in [7, 11) is 0. The number of fused-ring (bicyclic) bond motifs is 1. The molecule has 0 aliphatic carbocycles. The fourth-order valence-electron chi connectivity index (χ4n) is 2.17. The SMILES string of the molecule is CCNC(CC(F)F)C(O)c1ccc2ccsc2c1. The molecule has 2 unspecified atom stereocenters. The normalized spacial score (nSPS) is 15.0. The molecule has 0 aliphatic rings. The summed E-state index contributed by atoms with van der Waals surface area (Å²) in [4.78, 5) is 0. The monoisotopic (exact) mass is 285 g/mol. The summed E-state index contributed by atoms with van der Waals surface area (Å²) in [6.07, 6.45) is -3.69. The van der Waals surface area contributed by atoms with Crippen LogP contribution in [0.25, 0.3) is 10.1 Å². The molecule has 2 N–H and O–H groups in total. The molecule has 5 heteroatoms. The van der Waals surface area contributed by atoms with E-state index >= 15 is 0 Å². The Hall–Kier alpha value is -1.04. The van der Waals surface area contributed by atoms with E-state index in [1.807, 2.05) is 30.5 Å². The Kier molecular flexibility index (Phi) is 4.85. The minimum Gasteiger partial charge on any atom is -0.387 e. The van der Waals surface area contributed by atoms with E-state index in [0.29, 0.717) is 12.1 Å².